The minimum atomic E-state index is -0.445. The van der Waals surface area contributed by atoms with E-state index in [0.29, 0.717) is 10.2 Å². The average molecular weight is 254 g/mol. The summed E-state index contributed by atoms with van der Waals surface area (Å²) in [4.78, 5) is 14.2. The van der Waals surface area contributed by atoms with Gasteiger partial charge in [0.05, 0.1) is 4.92 Å². The standard InChI is InChI=1S/C8H6N4O2S2/c9-15-8-10-7(11-16-8)5-1-3-6(4-2-5)12(13)14/h1-4H,9H2. The quantitative estimate of drug-likeness (QED) is 0.512. The van der Waals surface area contributed by atoms with Gasteiger partial charge in [-0.1, -0.05) is 0 Å². The molecule has 0 aliphatic carbocycles. The molecule has 1 heterocycles. The van der Waals surface area contributed by atoms with Crippen LogP contribution in [0.2, 0.25) is 0 Å². The van der Waals surface area contributed by atoms with Crippen LogP contribution in [0.25, 0.3) is 11.4 Å². The Bertz CT molecular complexity index is 511. The zero-order valence-electron chi connectivity index (χ0n) is 7.86. The highest BCUT2D eigenvalue weighted by molar-refractivity contribution is 7.98. The fourth-order valence-corrected chi connectivity index (χ4v) is 1.97. The Kier molecular flexibility index (Phi) is 3.13. The number of hydrogen-bond donors (Lipinski definition) is 1. The second-order valence-electron chi connectivity index (χ2n) is 2.81. The SMILES string of the molecule is NSc1nc(-c2ccc([N+](=O)[O-])cc2)ns1. The molecule has 6 nitrogen and oxygen atoms in total. The average Bonchev–Trinajstić information content (AvgIpc) is 2.77. The smallest absolute Gasteiger partial charge is 0.269 e. The van der Waals surface area contributed by atoms with Gasteiger partial charge in [0.25, 0.3) is 5.69 Å². The van der Waals surface area contributed by atoms with Gasteiger partial charge < -0.3 is 0 Å². The normalized spacial score (nSPS) is 10.3. The number of nitrogens with zero attached hydrogens (tertiary/aromatic N) is 3. The van der Waals surface area contributed by atoms with Gasteiger partial charge >= 0.3 is 0 Å². The summed E-state index contributed by atoms with van der Waals surface area (Å²) in [7, 11) is 0. The molecule has 0 bridgehead atoms. The Balaban J connectivity index is 2.30. The molecule has 0 spiro atoms. The number of hydrogen-bond acceptors (Lipinski definition) is 7. The molecule has 0 saturated carbocycles. The van der Waals surface area contributed by atoms with Crippen molar-refractivity contribution in [1.82, 2.24) is 9.36 Å². The number of nitro benzene ring substituents is 1. The van der Waals surface area contributed by atoms with E-state index in [1.54, 1.807) is 12.1 Å². The molecule has 0 radical (unpaired) electrons. The van der Waals surface area contributed by atoms with Crippen molar-refractivity contribution in [3.8, 4) is 11.4 Å². The molecule has 0 fully saturated rings. The third-order valence-electron chi connectivity index (χ3n) is 1.84. The van der Waals surface area contributed by atoms with Crippen molar-refractivity contribution < 1.29 is 4.92 Å². The van der Waals surface area contributed by atoms with Gasteiger partial charge in [0.1, 0.15) is 0 Å². The molecule has 2 aromatic rings. The second-order valence-corrected chi connectivity index (χ2v) is 4.44. The molecule has 2 rings (SSSR count). The monoisotopic (exact) mass is 254 g/mol. The summed E-state index contributed by atoms with van der Waals surface area (Å²) >= 11 is 2.23. The molecule has 0 amide bonds. The Labute approximate surface area is 99.0 Å². The predicted octanol–water partition coefficient (Wildman–Crippen LogP) is 2.08. The van der Waals surface area contributed by atoms with Crippen LogP contribution in [-0.2, 0) is 0 Å². The van der Waals surface area contributed by atoms with Crippen molar-refractivity contribution >= 4 is 29.2 Å². The molecule has 8 heteroatoms. The molecule has 2 N–H and O–H groups in total. The Morgan fingerprint density at radius 3 is 2.56 bits per heavy atom. The topological polar surface area (TPSA) is 94.9 Å². The summed E-state index contributed by atoms with van der Waals surface area (Å²) in [5.74, 6) is 0.535. The van der Waals surface area contributed by atoms with E-state index < -0.39 is 4.92 Å². The van der Waals surface area contributed by atoms with Gasteiger partial charge in [0.15, 0.2) is 10.2 Å². The van der Waals surface area contributed by atoms with E-state index in [-0.39, 0.29) is 5.69 Å². The van der Waals surface area contributed by atoms with Crippen molar-refractivity contribution in [3.63, 3.8) is 0 Å². The number of benzene rings is 1. The van der Waals surface area contributed by atoms with E-state index in [0.717, 1.165) is 17.5 Å². The van der Waals surface area contributed by atoms with E-state index in [9.17, 15) is 10.1 Å². The molecular weight excluding hydrogens is 248 g/mol. The van der Waals surface area contributed by atoms with Gasteiger partial charge in [-0.3, -0.25) is 15.3 Å². The van der Waals surface area contributed by atoms with Gasteiger partial charge in [0.2, 0.25) is 0 Å². The van der Waals surface area contributed by atoms with Crippen LogP contribution >= 0.6 is 23.5 Å². The number of non-ortho nitro benzene ring substituents is 1. The molecule has 16 heavy (non-hydrogen) atoms. The Morgan fingerprint density at radius 1 is 1.38 bits per heavy atom. The maximum Gasteiger partial charge on any atom is 0.269 e. The van der Waals surface area contributed by atoms with Crippen molar-refractivity contribution in [2.45, 2.75) is 4.34 Å². The summed E-state index contributed by atoms with van der Waals surface area (Å²) < 4.78 is 4.75. The van der Waals surface area contributed by atoms with Crippen LogP contribution in [0.15, 0.2) is 28.6 Å². The molecule has 0 atom stereocenters. The molecule has 0 saturated heterocycles. The Morgan fingerprint density at radius 2 is 2.06 bits per heavy atom. The third-order valence-corrected chi connectivity index (χ3v) is 3.16. The maximum absolute atomic E-state index is 10.5. The molecule has 0 aliphatic heterocycles. The molecular formula is C8H6N4O2S2. The predicted molar refractivity (Wildman–Crippen MR) is 62.0 cm³/mol. The highest BCUT2D eigenvalue weighted by Crippen LogP contribution is 2.23. The first kappa shape index (κ1) is 11.0. The molecule has 0 aliphatic rings. The minimum Gasteiger partial charge on any atom is -0.272 e. The highest BCUT2D eigenvalue weighted by atomic mass is 32.2. The van der Waals surface area contributed by atoms with Crippen LogP contribution in [-0.4, -0.2) is 14.3 Å². The minimum absolute atomic E-state index is 0.0485. The molecule has 0 unspecified atom stereocenters. The van der Waals surface area contributed by atoms with Gasteiger partial charge in [-0.15, -0.1) is 0 Å². The molecule has 82 valence electrons. The van der Waals surface area contributed by atoms with Gasteiger partial charge in [-0.05, 0) is 35.6 Å². The van der Waals surface area contributed by atoms with Gasteiger partial charge in [-0.25, -0.2) is 4.98 Å². The fourth-order valence-electron chi connectivity index (χ4n) is 1.11. The summed E-state index contributed by atoms with van der Waals surface area (Å²) in [6.45, 7) is 0. The first-order chi connectivity index (χ1) is 7.70. The lowest BCUT2D eigenvalue weighted by molar-refractivity contribution is -0.384. The number of nitro groups is 1. The van der Waals surface area contributed by atoms with Crippen molar-refractivity contribution in [3.05, 3.63) is 34.4 Å². The second kappa shape index (κ2) is 4.56. The van der Waals surface area contributed by atoms with E-state index in [1.165, 1.54) is 23.7 Å². The number of nitrogens with two attached hydrogens (primary N) is 1. The lowest BCUT2D eigenvalue weighted by atomic mass is 10.2. The summed E-state index contributed by atoms with van der Waals surface area (Å²) in [5.41, 5.74) is 0.787. The van der Waals surface area contributed by atoms with Crippen LogP contribution in [0.1, 0.15) is 0 Å². The summed E-state index contributed by atoms with van der Waals surface area (Å²) in [6, 6.07) is 6.08. The van der Waals surface area contributed by atoms with E-state index >= 15 is 0 Å². The molecule has 1 aromatic heterocycles. The lowest BCUT2D eigenvalue weighted by Gasteiger charge is -1.94. The highest BCUT2D eigenvalue weighted by Gasteiger charge is 2.09. The van der Waals surface area contributed by atoms with Crippen LogP contribution in [0.3, 0.4) is 0 Å². The largest absolute Gasteiger partial charge is 0.272 e. The zero-order chi connectivity index (χ0) is 11.5. The maximum atomic E-state index is 10.5. The van der Waals surface area contributed by atoms with Crippen LogP contribution < -0.4 is 5.14 Å². The third kappa shape index (κ3) is 2.18. The van der Waals surface area contributed by atoms with Crippen LogP contribution in [0.4, 0.5) is 5.69 Å². The lowest BCUT2D eigenvalue weighted by Crippen LogP contribution is -1.87. The first-order valence-corrected chi connectivity index (χ1v) is 5.81. The van der Waals surface area contributed by atoms with Crippen LogP contribution in [0, 0.1) is 10.1 Å². The summed E-state index contributed by atoms with van der Waals surface area (Å²) in [6.07, 6.45) is 0. The van der Waals surface area contributed by atoms with Crippen molar-refractivity contribution in [2.75, 3.05) is 0 Å². The first-order valence-electron chi connectivity index (χ1n) is 4.16. The van der Waals surface area contributed by atoms with E-state index in [1.807, 2.05) is 0 Å². The molecule has 1 aromatic carbocycles. The number of rotatable bonds is 3. The van der Waals surface area contributed by atoms with Crippen molar-refractivity contribution in [2.24, 2.45) is 5.14 Å². The van der Waals surface area contributed by atoms with Crippen molar-refractivity contribution in [1.29, 1.82) is 0 Å². The van der Waals surface area contributed by atoms with E-state index in [4.69, 9.17) is 5.14 Å². The fraction of sp³-hybridized carbons (Fsp3) is 0. The number of aromatic nitrogens is 2. The van der Waals surface area contributed by atoms with Crippen LogP contribution in [0.5, 0.6) is 0 Å². The van der Waals surface area contributed by atoms with Gasteiger partial charge in [-0.2, -0.15) is 4.37 Å². The van der Waals surface area contributed by atoms with Gasteiger partial charge in [0, 0.05) is 17.7 Å². The van der Waals surface area contributed by atoms with E-state index in [2.05, 4.69) is 9.36 Å². The zero-order valence-corrected chi connectivity index (χ0v) is 9.49. The Hall–Kier alpha value is -1.51. The summed E-state index contributed by atoms with van der Waals surface area (Å²) in [5, 5.41) is 15.8.